The Bertz CT molecular complexity index is 645. The van der Waals surface area contributed by atoms with E-state index < -0.39 is 9.84 Å². The van der Waals surface area contributed by atoms with Gasteiger partial charge in [0.2, 0.25) is 0 Å². The van der Waals surface area contributed by atoms with Crippen LogP contribution < -0.4 is 5.32 Å². The van der Waals surface area contributed by atoms with Gasteiger partial charge in [0.05, 0.1) is 23.3 Å². The van der Waals surface area contributed by atoms with Crippen molar-refractivity contribution < 1.29 is 8.42 Å². The minimum Gasteiger partial charge on any atom is -0.341 e. The summed E-state index contributed by atoms with van der Waals surface area (Å²) in [7, 11) is -3.14. The van der Waals surface area contributed by atoms with Crippen LogP contribution in [0.25, 0.3) is 11.3 Å². The normalized spacial score (nSPS) is 11.7. The van der Waals surface area contributed by atoms with Gasteiger partial charge >= 0.3 is 0 Å². The van der Waals surface area contributed by atoms with Crippen LogP contribution >= 0.6 is 0 Å². The summed E-state index contributed by atoms with van der Waals surface area (Å²) in [4.78, 5) is 7.79. The molecule has 1 heterocycles. The molecular formula is C13H17N3O2S. The van der Waals surface area contributed by atoms with Gasteiger partial charge in [-0.1, -0.05) is 19.1 Å². The van der Waals surface area contributed by atoms with E-state index in [-0.39, 0.29) is 0 Å². The maximum Gasteiger partial charge on any atom is 0.175 e. The zero-order valence-corrected chi connectivity index (χ0v) is 11.8. The lowest BCUT2D eigenvalue weighted by atomic mass is 10.2. The molecule has 102 valence electrons. The average Bonchev–Trinajstić information content (AvgIpc) is 2.84. The summed E-state index contributed by atoms with van der Waals surface area (Å²) in [6.07, 6.45) is 2.95. The van der Waals surface area contributed by atoms with Crippen LogP contribution in [0, 0.1) is 0 Å². The van der Waals surface area contributed by atoms with Crippen molar-refractivity contribution in [1.29, 1.82) is 0 Å². The van der Waals surface area contributed by atoms with Crippen molar-refractivity contribution in [3.8, 4) is 11.3 Å². The van der Waals surface area contributed by atoms with E-state index in [4.69, 9.17) is 0 Å². The van der Waals surface area contributed by atoms with Gasteiger partial charge in [0.25, 0.3) is 0 Å². The number of hydrogen-bond donors (Lipinski definition) is 2. The Balaban J connectivity index is 2.20. The fourth-order valence-electron chi connectivity index (χ4n) is 1.72. The molecule has 0 atom stereocenters. The molecule has 0 unspecified atom stereocenters. The van der Waals surface area contributed by atoms with Gasteiger partial charge in [-0.25, -0.2) is 13.4 Å². The molecule has 0 bridgehead atoms. The molecule has 1 aromatic heterocycles. The number of imidazole rings is 1. The Hall–Kier alpha value is -1.66. The van der Waals surface area contributed by atoms with Crippen molar-refractivity contribution in [3.05, 3.63) is 36.3 Å². The van der Waals surface area contributed by atoms with Crippen LogP contribution in [0.4, 0.5) is 0 Å². The van der Waals surface area contributed by atoms with Crippen LogP contribution in [0.3, 0.4) is 0 Å². The molecule has 1 aromatic carbocycles. The Morgan fingerprint density at radius 2 is 1.95 bits per heavy atom. The summed E-state index contributed by atoms with van der Waals surface area (Å²) in [6, 6.07) is 6.77. The van der Waals surface area contributed by atoms with E-state index in [1.165, 1.54) is 6.26 Å². The van der Waals surface area contributed by atoms with Gasteiger partial charge in [-0.2, -0.15) is 0 Å². The van der Waals surface area contributed by atoms with Crippen LogP contribution in [0.2, 0.25) is 0 Å². The fraction of sp³-hybridized carbons (Fsp3) is 0.308. The highest BCUT2D eigenvalue weighted by Crippen LogP contribution is 2.19. The highest BCUT2D eigenvalue weighted by atomic mass is 32.2. The van der Waals surface area contributed by atoms with E-state index in [2.05, 4.69) is 15.3 Å². The quantitative estimate of drug-likeness (QED) is 0.871. The smallest absolute Gasteiger partial charge is 0.175 e. The van der Waals surface area contributed by atoms with Gasteiger partial charge in [0.1, 0.15) is 5.82 Å². The van der Waals surface area contributed by atoms with Crippen molar-refractivity contribution in [3.63, 3.8) is 0 Å². The van der Waals surface area contributed by atoms with Crippen LogP contribution in [0.5, 0.6) is 0 Å². The number of rotatable bonds is 5. The van der Waals surface area contributed by atoms with Gasteiger partial charge in [0, 0.05) is 6.26 Å². The van der Waals surface area contributed by atoms with Crippen molar-refractivity contribution >= 4 is 9.84 Å². The first-order valence-electron chi connectivity index (χ1n) is 6.06. The first kappa shape index (κ1) is 13.8. The average molecular weight is 279 g/mol. The minimum atomic E-state index is -3.14. The summed E-state index contributed by atoms with van der Waals surface area (Å²) in [5.74, 6) is 0.865. The first-order chi connectivity index (χ1) is 9.00. The number of nitrogens with zero attached hydrogens (tertiary/aromatic N) is 1. The Labute approximate surface area is 113 Å². The molecule has 2 rings (SSSR count). The second-order valence-electron chi connectivity index (χ2n) is 4.32. The molecule has 0 aliphatic rings. The molecule has 0 aliphatic heterocycles. The highest BCUT2D eigenvalue weighted by Gasteiger charge is 2.08. The summed E-state index contributed by atoms with van der Waals surface area (Å²) in [5, 5.41) is 3.19. The predicted molar refractivity (Wildman–Crippen MR) is 74.5 cm³/mol. The lowest BCUT2D eigenvalue weighted by Gasteiger charge is -2.01. The Kier molecular flexibility index (Phi) is 4.01. The molecule has 6 heteroatoms. The summed E-state index contributed by atoms with van der Waals surface area (Å²) in [5.41, 5.74) is 1.80. The maximum atomic E-state index is 11.4. The largest absolute Gasteiger partial charge is 0.341 e. The van der Waals surface area contributed by atoms with Crippen LogP contribution in [0.1, 0.15) is 12.7 Å². The molecule has 0 aliphatic carbocycles. The van der Waals surface area contributed by atoms with E-state index in [0.29, 0.717) is 11.4 Å². The number of benzene rings is 1. The monoisotopic (exact) mass is 279 g/mol. The van der Waals surface area contributed by atoms with E-state index in [0.717, 1.165) is 23.6 Å². The van der Waals surface area contributed by atoms with Crippen molar-refractivity contribution in [1.82, 2.24) is 15.3 Å². The molecule has 0 spiro atoms. The molecule has 0 saturated carbocycles. The summed E-state index contributed by atoms with van der Waals surface area (Å²) >= 11 is 0. The van der Waals surface area contributed by atoms with E-state index >= 15 is 0 Å². The van der Waals surface area contributed by atoms with Crippen molar-refractivity contribution in [2.75, 3.05) is 12.8 Å². The van der Waals surface area contributed by atoms with Gasteiger partial charge in [-0.05, 0) is 24.2 Å². The molecule has 0 radical (unpaired) electrons. The van der Waals surface area contributed by atoms with Crippen LogP contribution in [0.15, 0.2) is 35.4 Å². The second kappa shape index (κ2) is 5.54. The topological polar surface area (TPSA) is 74.8 Å². The zero-order valence-electron chi connectivity index (χ0n) is 11.0. The molecule has 19 heavy (non-hydrogen) atoms. The number of sulfone groups is 1. The third-order valence-electron chi connectivity index (χ3n) is 2.76. The van der Waals surface area contributed by atoms with Gasteiger partial charge in [-0.15, -0.1) is 0 Å². The number of aromatic nitrogens is 2. The molecule has 0 fully saturated rings. The molecule has 0 amide bonds. The van der Waals surface area contributed by atoms with E-state index in [9.17, 15) is 8.42 Å². The van der Waals surface area contributed by atoms with Crippen molar-refractivity contribution in [2.45, 2.75) is 18.4 Å². The van der Waals surface area contributed by atoms with Crippen LogP contribution in [-0.2, 0) is 16.4 Å². The summed E-state index contributed by atoms with van der Waals surface area (Å²) in [6.45, 7) is 3.62. The van der Waals surface area contributed by atoms with Gasteiger partial charge in [-0.3, -0.25) is 0 Å². The zero-order chi connectivity index (χ0) is 13.9. The number of nitrogens with one attached hydrogen (secondary N) is 2. The number of H-pyrrole nitrogens is 1. The van der Waals surface area contributed by atoms with Crippen molar-refractivity contribution in [2.24, 2.45) is 0 Å². The predicted octanol–water partition coefficient (Wildman–Crippen LogP) is 1.59. The molecule has 5 nitrogen and oxygen atoms in total. The lowest BCUT2D eigenvalue weighted by molar-refractivity contribution is 0.602. The molecule has 2 N–H and O–H groups in total. The molecule has 2 aromatic rings. The summed E-state index contributed by atoms with van der Waals surface area (Å²) < 4.78 is 22.7. The van der Waals surface area contributed by atoms with Gasteiger partial charge < -0.3 is 10.3 Å². The second-order valence-corrected chi connectivity index (χ2v) is 6.34. The Morgan fingerprint density at radius 1 is 1.26 bits per heavy atom. The third kappa shape index (κ3) is 3.42. The SMILES string of the molecule is CCNCc1ncc(-c2ccc(S(C)(=O)=O)cc2)[nH]1. The molecular weight excluding hydrogens is 262 g/mol. The van der Waals surface area contributed by atoms with Gasteiger partial charge in [0.15, 0.2) is 9.84 Å². The highest BCUT2D eigenvalue weighted by molar-refractivity contribution is 7.90. The Morgan fingerprint density at radius 3 is 2.53 bits per heavy atom. The minimum absolute atomic E-state index is 0.323. The lowest BCUT2D eigenvalue weighted by Crippen LogP contribution is -2.12. The van der Waals surface area contributed by atoms with Crippen LogP contribution in [-0.4, -0.2) is 31.2 Å². The van der Waals surface area contributed by atoms with E-state index in [1.807, 2.05) is 6.92 Å². The third-order valence-corrected chi connectivity index (χ3v) is 3.89. The first-order valence-corrected chi connectivity index (χ1v) is 7.95. The number of hydrogen-bond acceptors (Lipinski definition) is 4. The number of aromatic amines is 1. The standard InChI is InChI=1S/C13H17N3O2S/c1-3-14-9-13-15-8-12(16-13)10-4-6-11(7-5-10)19(2,17)18/h4-8,14H,3,9H2,1-2H3,(H,15,16). The molecule has 0 saturated heterocycles. The maximum absolute atomic E-state index is 11.4. The van der Waals surface area contributed by atoms with E-state index in [1.54, 1.807) is 30.5 Å². The fourth-order valence-corrected chi connectivity index (χ4v) is 2.35.